The maximum atomic E-state index is 11.4. The van der Waals surface area contributed by atoms with Gasteiger partial charge in [-0.1, -0.05) is 12.1 Å². The van der Waals surface area contributed by atoms with Gasteiger partial charge >= 0.3 is 0 Å². The van der Waals surface area contributed by atoms with Crippen LogP contribution < -0.4 is 20.3 Å². The molecule has 2 N–H and O–H groups in total. The van der Waals surface area contributed by atoms with Gasteiger partial charge in [-0.05, 0) is 54.3 Å². The summed E-state index contributed by atoms with van der Waals surface area (Å²) in [6.45, 7) is 4.97. The van der Waals surface area contributed by atoms with Gasteiger partial charge in [0.15, 0.2) is 0 Å². The first-order valence-electron chi connectivity index (χ1n) is 9.77. The summed E-state index contributed by atoms with van der Waals surface area (Å²) in [4.78, 5) is 26.8. The van der Waals surface area contributed by atoms with Crippen molar-refractivity contribution in [2.75, 3.05) is 29.2 Å². The van der Waals surface area contributed by atoms with Crippen molar-refractivity contribution < 1.29 is 9.53 Å². The SMILES string of the molecule is COc1ccc2c(c1)CN(c1ncnc(Nc3cccc(NC(C)=O)c3C)n1)CC2. The molecule has 1 amide bonds. The van der Waals surface area contributed by atoms with Gasteiger partial charge in [0.05, 0.1) is 7.11 Å². The molecule has 2 heterocycles. The van der Waals surface area contributed by atoms with Gasteiger partial charge in [-0.15, -0.1) is 0 Å². The van der Waals surface area contributed by atoms with E-state index in [2.05, 4.69) is 42.6 Å². The molecule has 1 aliphatic heterocycles. The Labute approximate surface area is 175 Å². The van der Waals surface area contributed by atoms with Gasteiger partial charge in [-0.3, -0.25) is 4.79 Å². The number of nitrogens with one attached hydrogen (secondary N) is 2. The van der Waals surface area contributed by atoms with Crippen LogP contribution in [0.15, 0.2) is 42.7 Å². The van der Waals surface area contributed by atoms with Gasteiger partial charge in [-0.2, -0.15) is 4.98 Å². The molecule has 0 saturated heterocycles. The average molecular weight is 404 g/mol. The number of carbonyl (C=O) groups is 1. The molecule has 0 fully saturated rings. The molecule has 0 saturated carbocycles. The number of rotatable bonds is 5. The molecule has 0 unspecified atom stereocenters. The Hall–Kier alpha value is -3.68. The molecule has 0 spiro atoms. The number of ether oxygens (including phenoxy) is 1. The Morgan fingerprint density at radius 1 is 1.13 bits per heavy atom. The van der Waals surface area contributed by atoms with Crippen LogP contribution in [0.1, 0.15) is 23.6 Å². The number of nitrogens with zero attached hydrogens (tertiary/aromatic N) is 4. The minimum atomic E-state index is -0.111. The smallest absolute Gasteiger partial charge is 0.232 e. The highest BCUT2D eigenvalue weighted by atomic mass is 16.5. The molecule has 0 radical (unpaired) electrons. The van der Waals surface area contributed by atoms with Crippen molar-refractivity contribution in [3.63, 3.8) is 0 Å². The molecule has 0 atom stereocenters. The third kappa shape index (κ3) is 4.17. The lowest BCUT2D eigenvalue weighted by Gasteiger charge is -2.29. The molecule has 2 aromatic carbocycles. The van der Waals surface area contributed by atoms with Crippen molar-refractivity contribution in [2.45, 2.75) is 26.8 Å². The Bertz CT molecular complexity index is 1080. The first kappa shape index (κ1) is 19.6. The van der Waals surface area contributed by atoms with E-state index < -0.39 is 0 Å². The molecular formula is C22H24N6O2. The number of hydrogen-bond acceptors (Lipinski definition) is 7. The number of fused-ring (bicyclic) bond motifs is 1. The molecule has 0 aliphatic carbocycles. The minimum absolute atomic E-state index is 0.111. The van der Waals surface area contributed by atoms with Crippen LogP contribution in [0.2, 0.25) is 0 Å². The summed E-state index contributed by atoms with van der Waals surface area (Å²) in [6.07, 6.45) is 2.43. The van der Waals surface area contributed by atoms with Crippen LogP contribution in [-0.4, -0.2) is 34.5 Å². The van der Waals surface area contributed by atoms with Crippen LogP contribution in [0.5, 0.6) is 5.75 Å². The van der Waals surface area contributed by atoms with Crippen molar-refractivity contribution in [3.05, 3.63) is 59.4 Å². The zero-order valence-corrected chi connectivity index (χ0v) is 17.3. The van der Waals surface area contributed by atoms with Gasteiger partial charge in [0, 0.05) is 31.4 Å². The van der Waals surface area contributed by atoms with Crippen molar-refractivity contribution in [3.8, 4) is 5.75 Å². The monoisotopic (exact) mass is 404 g/mol. The fourth-order valence-corrected chi connectivity index (χ4v) is 3.55. The maximum Gasteiger partial charge on any atom is 0.232 e. The average Bonchev–Trinajstić information content (AvgIpc) is 2.75. The second-order valence-electron chi connectivity index (χ2n) is 7.20. The van der Waals surface area contributed by atoms with E-state index in [9.17, 15) is 4.79 Å². The molecule has 4 rings (SSSR count). The summed E-state index contributed by atoms with van der Waals surface area (Å²) >= 11 is 0. The van der Waals surface area contributed by atoms with E-state index in [4.69, 9.17) is 4.74 Å². The number of benzene rings is 2. The quantitative estimate of drug-likeness (QED) is 0.673. The highest BCUT2D eigenvalue weighted by Crippen LogP contribution is 2.28. The lowest BCUT2D eigenvalue weighted by molar-refractivity contribution is -0.114. The summed E-state index contributed by atoms with van der Waals surface area (Å²) in [5, 5.41) is 6.07. The van der Waals surface area contributed by atoms with Crippen molar-refractivity contribution in [1.82, 2.24) is 15.0 Å². The highest BCUT2D eigenvalue weighted by Gasteiger charge is 2.19. The minimum Gasteiger partial charge on any atom is -0.497 e. The lowest BCUT2D eigenvalue weighted by Crippen LogP contribution is -2.32. The number of amides is 1. The number of hydrogen-bond donors (Lipinski definition) is 2. The van der Waals surface area contributed by atoms with Crippen LogP contribution in [0, 0.1) is 6.92 Å². The van der Waals surface area contributed by atoms with Crippen molar-refractivity contribution >= 4 is 29.2 Å². The van der Waals surface area contributed by atoms with Crippen LogP contribution in [0.4, 0.5) is 23.3 Å². The van der Waals surface area contributed by atoms with Gasteiger partial charge < -0.3 is 20.3 Å². The summed E-state index contributed by atoms with van der Waals surface area (Å²) in [6, 6.07) is 11.8. The maximum absolute atomic E-state index is 11.4. The van der Waals surface area contributed by atoms with Crippen molar-refractivity contribution in [2.24, 2.45) is 0 Å². The van der Waals surface area contributed by atoms with E-state index in [1.54, 1.807) is 7.11 Å². The predicted octanol–water partition coefficient (Wildman–Crippen LogP) is 3.45. The molecule has 8 nitrogen and oxygen atoms in total. The third-order valence-corrected chi connectivity index (χ3v) is 5.16. The Kier molecular flexibility index (Phi) is 5.47. The van der Waals surface area contributed by atoms with Gasteiger partial charge in [0.25, 0.3) is 0 Å². The van der Waals surface area contributed by atoms with Crippen molar-refractivity contribution in [1.29, 1.82) is 0 Å². The van der Waals surface area contributed by atoms with Crippen LogP contribution >= 0.6 is 0 Å². The molecular weight excluding hydrogens is 380 g/mol. The number of carbonyl (C=O) groups excluding carboxylic acids is 1. The Morgan fingerprint density at radius 2 is 1.97 bits per heavy atom. The summed E-state index contributed by atoms with van der Waals surface area (Å²) < 4.78 is 5.36. The van der Waals surface area contributed by atoms with Crippen LogP contribution in [0.3, 0.4) is 0 Å². The zero-order chi connectivity index (χ0) is 21.1. The Balaban J connectivity index is 1.54. The standard InChI is InChI=1S/C22H24N6O2/c1-14-19(25-15(2)29)5-4-6-20(14)26-21-23-13-24-22(27-21)28-10-9-16-7-8-18(30-3)11-17(16)12-28/h4-8,11,13H,9-10,12H2,1-3H3,(H,25,29)(H,23,24,26,27). The molecule has 1 aliphatic rings. The van der Waals surface area contributed by atoms with Crippen LogP contribution in [0.25, 0.3) is 0 Å². The van der Waals surface area contributed by atoms with E-state index in [-0.39, 0.29) is 5.91 Å². The normalized spacial score (nSPS) is 12.8. The topological polar surface area (TPSA) is 92.3 Å². The molecule has 8 heteroatoms. The third-order valence-electron chi connectivity index (χ3n) is 5.16. The van der Waals surface area contributed by atoms with E-state index in [1.807, 2.05) is 31.2 Å². The summed E-state index contributed by atoms with van der Waals surface area (Å²) in [5.41, 5.74) is 5.03. The number of aromatic nitrogens is 3. The van der Waals surface area contributed by atoms with E-state index in [1.165, 1.54) is 24.4 Å². The van der Waals surface area contributed by atoms with Gasteiger partial charge in [0.2, 0.25) is 17.8 Å². The first-order chi connectivity index (χ1) is 14.5. The van der Waals surface area contributed by atoms with Gasteiger partial charge in [-0.25, -0.2) is 9.97 Å². The fraction of sp³-hybridized carbons (Fsp3) is 0.273. The summed E-state index contributed by atoms with van der Waals surface area (Å²) in [5.74, 6) is 1.82. The number of anilines is 4. The highest BCUT2D eigenvalue weighted by molar-refractivity contribution is 5.90. The Morgan fingerprint density at radius 3 is 2.77 bits per heavy atom. The van der Waals surface area contributed by atoms with E-state index in [0.717, 1.165) is 35.7 Å². The largest absolute Gasteiger partial charge is 0.497 e. The molecule has 0 bridgehead atoms. The van der Waals surface area contributed by atoms with E-state index >= 15 is 0 Å². The lowest BCUT2D eigenvalue weighted by atomic mass is 10.00. The van der Waals surface area contributed by atoms with Gasteiger partial charge in [0.1, 0.15) is 12.1 Å². The van der Waals surface area contributed by atoms with Crippen LogP contribution in [-0.2, 0) is 17.8 Å². The van der Waals surface area contributed by atoms with E-state index in [0.29, 0.717) is 18.4 Å². The molecule has 30 heavy (non-hydrogen) atoms. The predicted molar refractivity (Wildman–Crippen MR) is 116 cm³/mol. The molecule has 154 valence electrons. The first-order valence-corrected chi connectivity index (χ1v) is 9.77. The zero-order valence-electron chi connectivity index (χ0n) is 17.3. The molecule has 3 aromatic rings. The second kappa shape index (κ2) is 8.36. The second-order valence-corrected chi connectivity index (χ2v) is 7.20. The number of methoxy groups -OCH3 is 1. The fourth-order valence-electron chi connectivity index (χ4n) is 3.55. The summed E-state index contributed by atoms with van der Waals surface area (Å²) in [7, 11) is 1.68. The molecule has 1 aromatic heterocycles.